The van der Waals surface area contributed by atoms with Crippen molar-refractivity contribution in [2.24, 2.45) is 0 Å². The molecule has 0 aromatic heterocycles. The van der Waals surface area contributed by atoms with Gasteiger partial charge in [0.1, 0.15) is 5.75 Å². The largest absolute Gasteiger partial charge is 0.495 e. The quantitative estimate of drug-likeness (QED) is 0.795. The van der Waals surface area contributed by atoms with Crippen LogP contribution in [0.2, 0.25) is 0 Å². The SMILES string of the molecule is CNc1ccc(C(C)C(=O)O)cc1OC. The Morgan fingerprint density at radius 2 is 2.20 bits per heavy atom. The van der Waals surface area contributed by atoms with Crippen LogP contribution in [0.5, 0.6) is 5.75 Å². The van der Waals surface area contributed by atoms with E-state index in [1.807, 2.05) is 6.07 Å². The Morgan fingerprint density at radius 3 is 2.67 bits per heavy atom. The van der Waals surface area contributed by atoms with Crippen LogP contribution >= 0.6 is 0 Å². The van der Waals surface area contributed by atoms with Crippen LogP contribution in [-0.2, 0) is 4.79 Å². The third kappa shape index (κ3) is 2.40. The lowest BCUT2D eigenvalue weighted by molar-refractivity contribution is -0.138. The number of ether oxygens (including phenoxy) is 1. The molecule has 0 heterocycles. The van der Waals surface area contributed by atoms with Gasteiger partial charge in [-0.2, -0.15) is 0 Å². The summed E-state index contributed by atoms with van der Waals surface area (Å²) in [6, 6.07) is 5.34. The average Bonchev–Trinajstić information content (AvgIpc) is 2.26. The van der Waals surface area contributed by atoms with Crippen LogP contribution in [0.1, 0.15) is 18.4 Å². The van der Waals surface area contributed by atoms with Crippen LogP contribution in [0.25, 0.3) is 0 Å². The molecule has 1 unspecified atom stereocenters. The normalized spacial score (nSPS) is 11.9. The number of aliphatic carboxylic acids is 1. The second-order valence-electron chi connectivity index (χ2n) is 3.27. The Balaban J connectivity index is 3.07. The molecule has 0 spiro atoms. The number of carbonyl (C=O) groups is 1. The third-order valence-corrected chi connectivity index (χ3v) is 2.37. The first-order chi connectivity index (χ1) is 7.10. The van der Waals surface area contributed by atoms with Gasteiger partial charge in [-0.3, -0.25) is 4.79 Å². The van der Waals surface area contributed by atoms with E-state index in [1.165, 1.54) is 0 Å². The summed E-state index contributed by atoms with van der Waals surface area (Å²) >= 11 is 0. The van der Waals surface area contributed by atoms with Crippen molar-refractivity contribution in [3.8, 4) is 5.75 Å². The lowest BCUT2D eigenvalue weighted by atomic mass is 10.0. The summed E-state index contributed by atoms with van der Waals surface area (Å²) in [5, 5.41) is 11.8. The zero-order valence-electron chi connectivity index (χ0n) is 9.07. The van der Waals surface area contributed by atoms with E-state index in [0.29, 0.717) is 5.75 Å². The lowest BCUT2D eigenvalue weighted by Crippen LogP contribution is -2.07. The maximum atomic E-state index is 10.8. The first-order valence-electron chi connectivity index (χ1n) is 4.68. The van der Waals surface area contributed by atoms with E-state index < -0.39 is 11.9 Å². The summed E-state index contributed by atoms with van der Waals surface area (Å²) in [6.45, 7) is 1.65. The molecule has 1 aromatic rings. The summed E-state index contributed by atoms with van der Waals surface area (Å²) in [7, 11) is 3.35. The first-order valence-corrected chi connectivity index (χ1v) is 4.68. The van der Waals surface area contributed by atoms with E-state index in [-0.39, 0.29) is 0 Å². The Kier molecular flexibility index (Phi) is 3.55. The Morgan fingerprint density at radius 1 is 1.53 bits per heavy atom. The Hall–Kier alpha value is -1.71. The average molecular weight is 209 g/mol. The molecule has 0 saturated carbocycles. The molecular weight excluding hydrogens is 194 g/mol. The second kappa shape index (κ2) is 4.68. The van der Waals surface area contributed by atoms with Crippen molar-refractivity contribution in [2.45, 2.75) is 12.8 Å². The number of nitrogens with one attached hydrogen (secondary N) is 1. The highest BCUT2D eigenvalue weighted by molar-refractivity contribution is 5.76. The molecule has 0 bridgehead atoms. The van der Waals surface area contributed by atoms with Gasteiger partial charge in [0.05, 0.1) is 18.7 Å². The Labute approximate surface area is 88.9 Å². The van der Waals surface area contributed by atoms with Gasteiger partial charge in [0.15, 0.2) is 0 Å². The van der Waals surface area contributed by atoms with Crippen LogP contribution < -0.4 is 10.1 Å². The Bertz CT molecular complexity index is 363. The van der Waals surface area contributed by atoms with Gasteiger partial charge >= 0.3 is 5.97 Å². The number of hydrogen-bond acceptors (Lipinski definition) is 3. The van der Waals surface area contributed by atoms with Gasteiger partial charge in [-0.15, -0.1) is 0 Å². The van der Waals surface area contributed by atoms with E-state index >= 15 is 0 Å². The van der Waals surface area contributed by atoms with Gasteiger partial charge in [0.25, 0.3) is 0 Å². The van der Waals surface area contributed by atoms with Crippen LogP contribution in [0.15, 0.2) is 18.2 Å². The number of hydrogen-bond donors (Lipinski definition) is 2. The van der Waals surface area contributed by atoms with Crippen LogP contribution in [0.4, 0.5) is 5.69 Å². The van der Waals surface area contributed by atoms with Crippen LogP contribution in [0, 0.1) is 0 Å². The molecule has 1 aromatic carbocycles. The van der Waals surface area contributed by atoms with Crippen molar-refractivity contribution in [3.63, 3.8) is 0 Å². The van der Waals surface area contributed by atoms with Crippen molar-refractivity contribution in [1.29, 1.82) is 0 Å². The van der Waals surface area contributed by atoms with Crippen molar-refractivity contribution in [2.75, 3.05) is 19.5 Å². The fraction of sp³-hybridized carbons (Fsp3) is 0.364. The molecule has 0 saturated heterocycles. The minimum atomic E-state index is -0.839. The molecule has 2 N–H and O–H groups in total. The number of benzene rings is 1. The predicted octanol–water partition coefficient (Wildman–Crippen LogP) is 1.93. The number of anilines is 1. The summed E-state index contributed by atoms with van der Waals surface area (Å²) < 4.78 is 5.15. The summed E-state index contributed by atoms with van der Waals surface area (Å²) in [5.74, 6) is -0.706. The molecule has 4 nitrogen and oxygen atoms in total. The van der Waals surface area contributed by atoms with Crippen molar-refractivity contribution >= 4 is 11.7 Å². The number of methoxy groups -OCH3 is 1. The maximum absolute atomic E-state index is 10.8. The molecule has 0 aliphatic heterocycles. The molecule has 0 radical (unpaired) electrons. The van der Waals surface area contributed by atoms with E-state index in [9.17, 15) is 4.79 Å². The number of carboxylic acids is 1. The zero-order chi connectivity index (χ0) is 11.4. The maximum Gasteiger partial charge on any atom is 0.310 e. The van der Waals surface area contributed by atoms with E-state index in [0.717, 1.165) is 11.3 Å². The van der Waals surface area contributed by atoms with Crippen molar-refractivity contribution < 1.29 is 14.6 Å². The fourth-order valence-corrected chi connectivity index (χ4v) is 1.33. The van der Waals surface area contributed by atoms with Gasteiger partial charge < -0.3 is 15.2 Å². The highest BCUT2D eigenvalue weighted by atomic mass is 16.5. The smallest absolute Gasteiger partial charge is 0.310 e. The highest BCUT2D eigenvalue weighted by Crippen LogP contribution is 2.28. The molecule has 1 atom stereocenters. The van der Waals surface area contributed by atoms with Crippen molar-refractivity contribution in [3.05, 3.63) is 23.8 Å². The van der Waals surface area contributed by atoms with Gasteiger partial charge in [-0.25, -0.2) is 0 Å². The minimum Gasteiger partial charge on any atom is -0.495 e. The predicted molar refractivity (Wildman–Crippen MR) is 58.6 cm³/mol. The minimum absolute atomic E-state index is 0.523. The van der Waals surface area contributed by atoms with E-state index in [4.69, 9.17) is 9.84 Å². The molecule has 15 heavy (non-hydrogen) atoms. The van der Waals surface area contributed by atoms with Crippen molar-refractivity contribution in [1.82, 2.24) is 0 Å². The topological polar surface area (TPSA) is 58.6 Å². The van der Waals surface area contributed by atoms with E-state index in [1.54, 1.807) is 33.2 Å². The number of rotatable bonds is 4. The van der Waals surface area contributed by atoms with Gasteiger partial charge in [-0.05, 0) is 24.6 Å². The lowest BCUT2D eigenvalue weighted by Gasteiger charge is -2.12. The fourth-order valence-electron chi connectivity index (χ4n) is 1.33. The van der Waals surface area contributed by atoms with Gasteiger partial charge in [-0.1, -0.05) is 6.07 Å². The third-order valence-electron chi connectivity index (χ3n) is 2.37. The molecule has 1 rings (SSSR count). The summed E-state index contributed by atoms with van der Waals surface area (Å²) in [4.78, 5) is 10.8. The standard InChI is InChI=1S/C11H15NO3/c1-7(11(13)14)8-4-5-9(12-2)10(6-8)15-3/h4-7,12H,1-3H3,(H,13,14). The second-order valence-corrected chi connectivity index (χ2v) is 3.27. The first kappa shape index (κ1) is 11.4. The zero-order valence-corrected chi connectivity index (χ0v) is 9.07. The monoisotopic (exact) mass is 209 g/mol. The van der Waals surface area contributed by atoms with Gasteiger partial charge in [0.2, 0.25) is 0 Å². The molecule has 4 heteroatoms. The summed E-state index contributed by atoms with van der Waals surface area (Å²) in [6.07, 6.45) is 0. The molecule has 82 valence electrons. The molecule has 0 aliphatic rings. The van der Waals surface area contributed by atoms with E-state index in [2.05, 4.69) is 5.32 Å². The molecular formula is C11H15NO3. The molecule has 0 amide bonds. The molecule has 0 aliphatic carbocycles. The van der Waals surface area contributed by atoms with Crippen LogP contribution in [0.3, 0.4) is 0 Å². The summed E-state index contributed by atoms with van der Waals surface area (Å²) in [5.41, 5.74) is 1.58. The van der Waals surface area contributed by atoms with Gasteiger partial charge in [0, 0.05) is 7.05 Å². The number of carboxylic acid groups (broad SMARTS) is 1. The van der Waals surface area contributed by atoms with Crippen LogP contribution in [-0.4, -0.2) is 25.2 Å². The highest BCUT2D eigenvalue weighted by Gasteiger charge is 2.15. The molecule has 0 fully saturated rings.